The van der Waals surface area contributed by atoms with Crippen molar-refractivity contribution in [2.75, 3.05) is 5.32 Å². The normalized spacial score (nSPS) is 13.6. The standard InChI is InChI=1S/C16H21N3/c1-3-14-10-16(19(2)18-14)11-17-15-8-7-12-5-4-6-13(12)9-15/h7-10,17H,3-6,11H2,1-2H3. The molecule has 3 heteroatoms. The van der Waals surface area contributed by atoms with Gasteiger partial charge in [0.1, 0.15) is 0 Å². The van der Waals surface area contributed by atoms with Gasteiger partial charge in [0.2, 0.25) is 0 Å². The quantitative estimate of drug-likeness (QED) is 0.910. The maximum absolute atomic E-state index is 4.48. The van der Waals surface area contributed by atoms with Crippen molar-refractivity contribution in [3.8, 4) is 0 Å². The van der Waals surface area contributed by atoms with Gasteiger partial charge >= 0.3 is 0 Å². The first-order valence-electron chi connectivity index (χ1n) is 7.13. The molecule has 0 atom stereocenters. The van der Waals surface area contributed by atoms with Crippen LogP contribution < -0.4 is 5.32 Å². The van der Waals surface area contributed by atoms with E-state index in [9.17, 15) is 0 Å². The monoisotopic (exact) mass is 255 g/mol. The average Bonchev–Trinajstić information content (AvgIpc) is 3.02. The maximum Gasteiger partial charge on any atom is 0.0625 e. The molecule has 0 saturated carbocycles. The molecule has 0 amide bonds. The summed E-state index contributed by atoms with van der Waals surface area (Å²) >= 11 is 0. The minimum atomic E-state index is 0.836. The third-order valence-corrected chi connectivity index (χ3v) is 3.96. The number of anilines is 1. The van der Waals surface area contributed by atoms with Crippen molar-refractivity contribution in [3.63, 3.8) is 0 Å². The van der Waals surface area contributed by atoms with Crippen LogP contribution >= 0.6 is 0 Å². The molecule has 0 aliphatic heterocycles. The Morgan fingerprint density at radius 3 is 2.84 bits per heavy atom. The van der Waals surface area contributed by atoms with E-state index in [4.69, 9.17) is 0 Å². The first-order valence-corrected chi connectivity index (χ1v) is 7.13. The van der Waals surface area contributed by atoms with Crippen LogP contribution in [0.25, 0.3) is 0 Å². The number of nitrogens with one attached hydrogen (secondary N) is 1. The van der Waals surface area contributed by atoms with Crippen LogP contribution in [0.5, 0.6) is 0 Å². The van der Waals surface area contributed by atoms with Gasteiger partial charge in [0, 0.05) is 12.7 Å². The third-order valence-electron chi connectivity index (χ3n) is 3.96. The predicted octanol–water partition coefficient (Wildman–Crippen LogP) is 3.08. The zero-order valence-electron chi connectivity index (χ0n) is 11.7. The molecule has 3 rings (SSSR count). The van der Waals surface area contributed by atoms with Crippen LogP contribution in [0.1, 0.15) is 35.9 Å². The molecule has 0 saturated heterocycles. The summed E-state index contributed by atoms with van der Waals surface area (Å²) in [6.45, 7) is 2.97. The average molecular weight is 255 g/mol. The third kappa shape index (κ3) is 2.50. The lowest BCUT2D eigenvalue weighted by molar-refractivity contribution is 0.707. The van der Waals surface area contributed by atoms with Gasteiger partial charge in [0.05, 0.1) is 17.9 Å². The second-order valence-corrected chi connectivity index (χ2v) is 5.29. The molecule has 1 heterocycles. The van der Waals surface area contributed by atoms with Gasteiger partial charge in [-0.2, -0.15) is 5.10 Å². The van der Waals surface area contributed by atoms with E-state index in [1.807, 2.05) is 11.7 Å². The Kier molecular flexibility index (Phi) is 3.28. The van der Waals surface area contributed by atoms with Crippen molar-refractivity contribution in [1.29, 1.82) is 0 Å². The molecule has 1 aromatic heterocycles. The van der Waals surface area contributed by atoms with E-state index in [1.54, 1.807) is 0 Å². The first kappa shape index (κ1) is 12.3. The van der Waals surface area contributed by atoms with Gasteiger partial charge in [-0.1, -0.05) is 13.0 Å². The molecular formula is C16H21N3. The number of benzene rings is 1. The van der Waals surface area contributed by atoms with E-state index in [2.05, 4.69) is 41.6 Å². The Morgan fingerprint density at radius 1 is 1.21 bits per heavy atom. The summed E-state index contributed by atoms with van der Waals surface area (Å²) in [6, 6.07) is 8.95. The summed E-state index contributed by atoms with van der Waals surface area (Å²) in [5.41, 5.74) is 6.66. The van der Waals surface area contributed by atoms with E-state index in [-0.39, 0.29) is 0 Å². The molecule has 1 aliphatic carbocycles. The van der Waals surface area contributed by atoms with Crippen molar-refractivity contribution in [2.24, 2.45) is 7.05 Å². The van der Waals surface area contributed by atoms with Crippen molar-refractivity contribution in [2.45, 2.75) is 39.2 Å². The van der Waals surface area contributed by atoms with Crippen molar-refractivity contribution < 1.29 is 0 Å². The largest absolute Gasteiger partial charge is 0.379 e. The second kappa shape index (κ2) is 5.08. The minimum Gasteiger partial charge on any atom is -0.379 e. The lowest BCUT2D eigenvalue weighted by Gasteiger charge is -2.08. The molecule has 1 aromatic carbocycles. The SMILES string of the molecule is CCc1cc(CNc2ccc3c(c2)CCC3)n(C)n1. The fourth-order valence-corrected chi connectivity index (χ4v) is 2.78. The highest BCUT2D eigenvalue weighted by Crippen LogP contribution is 2.25. The van der Waals surface area contributed by atoms with Crippen LogP contribution in [0.2, 0.25) is 0 Å². The molecule has 0 radical (unpaired) electrons. The van der Waals surface area contributed by atoms with Crippen molar-refractivity contribution in [1.82, 2.24) is 9.78 Å². The van der Waals surface area contributed by atoms with Crippen LogP contribution in [0.4, 0.5) is 5.69 Å². The Labute approximate surface area is 114 Å². The summed E-state index contributed by atoms with van der Waals surface area (Å²) in [5.74, 6) is 0. The highest BCUT2D eigenvalue weighted by Gasteiger charge is 2.11. The van der Waals surface area contributed by atoms with E-state index in [0.717, 1.165) is 18.7 Å². The molecule has 0 fully saturated rings. The van der Waals surface area contributed by atoms with E-state index in [0.29, 0.717) is 0 Å². The minimum absolute atomic E-state index is 0.836. The number of aryl methyl sites for hydroxylation is 4. The zero-order chi connectivity index (χ0) is 13.2. The second-order valence-electron chi connectivity index (χ2n) is 5.29. The molecule has 1 N–H and O–H groups in total. The fourth-order valence-electron chi connectivity index (χ4n) is 2.78. The lowest BCUT2D eigenvalue weighted by atomic mass is 10.1. The van der Waals surface area contributed by atoms with E-state index < -0.39 is 0 Å². The highest BCUT2D eigenvalue weighted by molar-refractivity contribution is 5.50. The summed E-state index contributed by atoms with van der Waals surface area (Å²) in [6.07, 6.45) is 4.78. The van der Waals surface area contributed by atoms with Crippen LogP contribution in [0.15, 0.2) is 24.3 Å². The summed E-state index contributed by atoms with van der Waals surface area (Å²) in [5, 5.41) is 7.98. The summed E-state index contributed by atoms with van der Waals surface area (Å²) in [4.78, 5) is 0. The molecular weight excluding hydrogens is 234 g/mol. The predicted molar refractivity (Wildman–Crippen MR) is 78.4 cm³/mol. The van der Waals surface area contributed by atoms with Crippen LogP contribution in [-0.4, -0.2) is 9.78 Å². The van der Waals surface area contributed by atoms with Crippen molar-refractivity contribution >= 4 is 5.69 Å². The molecule has 0 spiro atoms. The number of fused-ring (bicyclic) bond motifs is 1. The van der Waals surface area contributed by atoms with Gasteiger partial charge in [-0.25, -0.2) is 0 Å². The van der Waals surface area contributed by atoms with Crippen molar-refractivity contribution in [3.05, 3.63) is 46.8 Å². The highest BCUT2D eigenvalue weighted by atomic mass is 15.3. The van der Waals surface area contributed by atoms with Crippen LogP contribution in [0, 0.1) is 0 Å². The lowest BCUT2D eigenvalue weighted by Crippen LogP contribution is -2.05. The fraction of sp³-hybridized carbons (Fsp3) is 0.438. The topological polar surface area (TPSA) is 29.9 Å². The molecule has 0 unspecified atom stereocenters. The van der Waals surface area contributed by atoms with Crippen LogP contribution in [0.3, 0.4) is 0 Å². The molecule has 0 bridgehead atoms. The number of hydrogen-bond acceptors (Lipinski definition) is 2. The molecule has 3 nitrogen and oxygen atoms in total. The Bertz CT molecular complexity index is 584. The molecule has 19 heavy (non-hydrogen) atoms. The number of nitrogens with zero attached hydrogens (tertiary/aromatic N) is 2. The van der Waals surface area contributed by atoms with Crippen LogP contribution in [-0.2, 0) is 32.9 Å². The zero-order valence-corrected chi connectivity index (χ0v) is 11.7. The summed E-state index contributed by atoms with van der Waals surface area (Å²) in [7, 11) is 2.01. The van der Waals surface area contributed by atoms with Gasteiger partial charge in [0.25, 0.3) is 0 Å². The maximum atomic E-state index is 4.48. The Balaban J connectivity index is 1.70. The number of rotatable bonds is 4. The van der Waals surface area contributed by atoms with Gasteiger partial charge < -0.3 is 5.32 Å². The van der Waals surface area contributed by atoms with Gasteiger partial charge in [-0.3, -0.25) is 4.68 Å². The molecule has 2 aromatic rings. The molecule has 1 aliphatic rings. The van der Waals surface area contributed by atoms with E-state index >= 15 is 0 Å². The Hall–Kier alpha value is -1.77. The van der Waals surface area contributed by atoms with Gasteiger partial charge in [0.15, 0.2) is 0 Å². The first-order chi connectivity index (χ1) is 9.26. The Morgan fingerprint density at radius 2 is 2.05 bits per heavy atom. The molecule has 100 valence electrons. The summed E-state index contributed by atoms with van der Waals surface area (Å²) < 4.78 is 1.97. The smallest absolute Gasteiger partial charge is 0.0625 e. The number of hydrogen-bond donors (Lipinski definition) is 1. The van der Waals surface area contributed by atoms with Gasteiger partial charge in [-0.05, 0) is 55.0 Å². The van der Waals surface area contributed by atoms with E-state index in [1.165, 1.54) is 41.8 Å². The van der Waals surface area contributed by atoms with Gasteiger partial charge in [-0.15, -0.1) is 0 Å². The number of aromatic nitrogens is 2.